The van der Waals surface area contributed by atoms with Crippen molar-refractivity contribution in [3.8, 4) is 0 Å². The highest BCUT2D eigenvalue weighted by atomic mass is 16.6. The summed E-state index contributed by atoms with van der Waals surface area (Å²) in [7, 11) is 0. The van der Waals surface area contributed by atoms with Crippen LogP contribution in [0.5, 0.6) is 0 Å². The second-order valence-electron chi connectivity index (χ2n) is 11.0. The van der Waals surface area contributed by atoms with Crippen molar-refractivity contribution >= 4 is 29.5 Å². The zero-order valence-electron chi connectivity index (χ0n) is 24.6. The second-order valence-corrected chi connectivity index (χ2v) is 11.0. The van der Waals surface area contributed by atoms with Crippen molar-refractivity contribution < 1.29 is 23.9 Å². The van der Waals surface area contributed by atoms with E-state index in [1.165, 1.54) is 4.90 Å². The lowest BCUT2D eigenvalue weighted by molar-refractivity contribution is -0.141. The van der Waals surface area contributed by atoms with E-state index in [0.29, 0.717) is 17.7 Å². The number of rotatable bonds is 13. The Morgan fingerprint density at radius 3 is 2.15 bits per heavy atom. The summed E-state index contributed by atoms with van der Waals surface area (Å²) in [5.41, 5.74) is 7.64. The molecule has 2 unspecified atom stereocenters. The third-order valence-electron chi connectivity index (χ3n) is 6.40. The first-order valence-electron chi connectivity index (χ1n) is 13.8. The van der Waals surface area contributed by atoms with Crippen LogP contribution >= 0.6 is 0 Å². The molecule has 9 nitrogen and oxygen atoms in total. The standard InChI is InChI=1S/C31H44N4O5/c1-7-8-13-20-35(29(38)25(18-19-26(32)36)34-30(39)40-31(4,5)6)27(23-16-11-9-14-21(23)2)28(37)33-24-17-12-10-15-22(24)3/h9-12,14-17,25,27H,7-8,13,18-20H2,1-6H3,(H2,32,36)(H,33,37)(H,34,39). The topological polar surface area (TPSA) is 131 Å². The first-order chi connectivity index (χ1) is 18.8. The SMILES string of the molecule is CCCCCN(C(=O)C(CCC(N)=O)NC(=O)OC(C)(C)C)C(C(=O)Nc1ccccc1C)c1ccccc1C. The van der Waals surface area contributed by atoms with E-state index in [0.717, 1.165) is 24.0 Å². The molecule has 0 bridgehead atoms. The van der Waals surface area contributed by atoms with E-state index in [2.05, 4.69) is 17.6 Å². The Hall–Kier alpha value is -3.88. The molecule has 9 heteroatoms. The summed E-state index contributed by atoms with van der Waals surface area (Å²) in [4.78, 5) is 54.1. The van der Waals surface area contributed by atoms with Gasteiger partial charge >= 0.3 is 6.09 Å². The van der Waals surface area contributed by atoms with Crippen LogP contribution < -0.4 is 16.4 Å². The number of carbonyl (C=O) groups excluding carboxylic acids is 4. The number of nitrogens with two attached hydrogens (primary N) is 1. The predicted octanol–water partition coefficient (Wildman–Crippen LogP) is 5.16. The van der Waals surface area contributed by atoms with Gasteiger partial charge in [-0.15, -0.1) is 0 Å². The zero-order valence-corrected chi connectivity index (χ0v) is 24.6. The fraction of sp³-hybridized carbons (Fsp3) is 0.484. The maximum atomic E-state index is 14.2. The van der Waals surface area contributed by atoms with Crippen molar-refractivity contribution in [1.29, 1.82) is 0 Å². The number of ether oxygens (including phenoxy) is 1. The minimum atomic E-state index is -1.12. The van der Waals surface area contributed by atoms with Gasteiger partial charge in [0, 0.05) is 18.7 Å². The molecule has 0 aliphatic heterocycles. The van der Waals surface area contributed by atoms with Gasteiger partial charge in [-0.3, -0.25) is 14.4 Å². The van der Waals surface area contributed by atoms with Gasteiger partial charge in [-0.1, -0.05) is 62.2 Å². The first-order valence-corrected chi connectivity index (χ1v) is 13.8. The highest BCUT2D eigenvalue weighted by molar-refractivity contribution is 5.99. The van der Waals surface area contributed by atoms with Crippen molar-refractivity contribution in [2.45, 2.75) is 91.3 Å². The third-order valence-corrected chi connectivity index (χ3v) is 6.40. The molecule has 40 heavy (non-hydrogen) atoms. The molecule has 0 aromatic heterocycles. The van der Waals surface area contributed by atoms with E-state index < -0.39 is 35.6 Å². The van der Waals surface area contributed by atoms with E-state index in [9.17, 15) is 19.2 Å². The van der Waals surface area contributed by atoms with E-state index in [1.54, 1.807) is 20.8 Å². The Morgan fingerprint density at radius 1 is 0.950 bits per heavy atom. The molecule has 0 saturated heterocycles. The average Bonchev–Trinajstić information content (AvgIpc) is 2.86. The molecule has 0 aliphatic rings. The second kappa shape index (κ2) is 15.1. The lowest BCUT2D eigenvalue weighted by atomic mass is 9.97. The molecule has 4 N–H and O–H groups in total. The van der Waals surface area contributed by atoms with Crippen LogP contribution in [0.1, 0.15) is 82.5 Å². The molecule has 0 aliphatic carbocycles. The molecule has 0 heterocycles. The number of para-hydroxylation sites is 1. The number of alkyl carbamates (subject to hydrolysis) is 1. The number of nitrogens with one attached hydrogen (secondary N) is 2. The number of amides is 4. The molecule has 4 amide bonds. The Labute approximate surface area is 237 Å². The summed E-state index contributed by atoms with van der Waals surface area (Å²) in [6, 6.07) is 12.7. The van der Waals surface area contributed by atoms with E-state index in [1.807, 2.05) is 62.4 Å². The summed E-state index contributed by atoms with van der Waals surface area (Å²) in [6.07, 6.45) is 1.46. The summed E-state index contributed by atoms with van der Waals surface area (Å²) in [6.45, 7) is 11.3. The summed E-state index contributed by atoms with van der Waals surface area (Å²) >= 11 is 0. The van der Waals surface area contributed by atoms with Gasteiger partial charge in [0.2, 0.25) is 11.8 Å². The van der Waals surface area contributed by atoms with Gasteiger partial charge in [0.15, 0.2) is 0 Å². The number of anilines is 1. The fourth-order valence-electron chi connectivity index (χ4n) is 4.35. The molecule has 0 radical (unpaired) electrons. The minimum absolute atomic E-state index is 0.0302. The number of unbranched alkanes of at least 4 members (excludes halogenated alkanes) is 2. The van der Waals surface area contributed by atoms with Crippen molar-refractivity contribution in [2.24, 2.45) is 5.73 Å². The Balaban J connectivity index is 2.56. The van der Waals surface area contributed by atoms with Crippen LogP contribution in [0.15, 0.2) is 48.5 Å². The number of carbonyl (C=O) groups is 4. The summed E-state index contributed by atoms with van der Waals surface area (Å²) in [5, 5.41) is 5.63. The molecular formula is C31H44N4O5. The Morgan fingerprint density at radius 2 is 1.57 bits per heavy atom. The maximum Gasteiger partial charge on any atom is 0.408 e. The quantitative estimate of drug-likeness (QED) is 0.296. The van der Waals surface area contributed by atoms with Gasteiger partial charge in [-0.05, 0) is 70.2 Å². The predicted molar refractivity (Wildman–Crippen MR) is 157 cm³/mol. The highest BCUT2D eigenvalue weighted by Crippen LogP contribution is 2.28. The van der Waals surface area contributed by atoms with Crippen molar-refractivity contribution in [3.63, 3.8) is 0 Å². The monoisotopic (exact) mass is 552 g/mol. The van der Waals surface area contributed by atoms with Gasteiger partial charge in [0.05, 0.1) is 0 Å². The van der Waals surface area contributed by atoms with E-state index in [4.69, 9.17) is 10.5 Å². The van der Waals surface area contributed by atoms with Crippen molar-refractivity contribution in [3.05, 3.63) is 65.2 Å². The van der Waals surface area contributed by atoms with Crippen LogP contribution in [-0.4, -0.2) is 46.9 Å². The fourth-order valence-corrected chi connectivity index (χ4v) is 4.35. The number of hydrogen-bond donors (Lipinski definition) is 3. The lowest BCUT2D eigenvalue weighted by Crippen LogP contribution is -2.53. The molecule has 2 aromatic rings. The van der Waals surface area contributed by atoms with Gasteiger partial charge in [-0.2, -0.15) is 0 Å². The summed E-state index contributed by atoms with van der Waals surface area (Å²) in [5.74, 6) is -1.47. The Bertz CT molecular complexity index is 1170. The number of hydrogen-bond acceptors (Lipinski definition) is 5. The molecule has 0 saturated carbocycles. The van der Waals surface area contributed by atoms with Crippen molar-refractivity contribution in [2.75, 3.05) is 11.9 Å². The molecule has 2 atom stereocenters. The van der Waals surface area contributed by atoms with Crippen LogP contribution in [0.4, 0.5) is 10.5 Å². The zero-order chi connectivity index (χ0) is 29.9. The average molecular weight is 553 g/mol. The third kappa shape index (κ3) is 10.0. The highest BCUT2D eigenvalue weighted by Gasteiger charge is 2.37. The van der Waals surface area contributed by atoms with Crippen LogP contribution in [0.2, 0.25) is 0 Å². The molecule has 0 fully saturated rings. The van der Waals surface area contributed by atoms with Gasteiger partial charge in [-0.25, -0.2) is 4.79 Å². The largest absolute Gasteiger partial charge is 0.444 e. The number of primary amides is 1. The van der Waals surface area contributed by atoms with Crippen LogP contribution in [0.25, 0.3) is 0 Å². The van der Waals surface area contributed by atoms with Gasteiger partial charge < -0.3 is 26.0 Å². The summed E-state index contributed by atoms with van der Waals surface area (Å²) < 4.78 is 5.39. The molecular weight excluding hydrogens is 508 g/mol. The minimum Gasteiger partial charge on any atom is -0.444 e. The smallest absolute Gasteiger partial charge is 0.408 e. The number of benzene rings is 2. The Kier molecular flexibility index (Phi) is 12.2. The maximum absolute atomic E-state index is 14.2. The van der Waals surface area contributed by atoms with Gasteiger partial charge in [0.25, 0.3) is 5.91 Å². The van der Waals surface area contributed by atoms with E-state index in [-0.39, 0.29) is 25.3 Å². The molecule has 218 valence electrons. The van der Waals surface area contributed by atoms with Crippen LogP contribution in [-0.2, 0) is 19.1 Å². The molecule has 2 aromatic carbocycles. The first kappa shape index (κ1) is 32.3. The number of aryl methyl sites for hydroxylation is 2. The normalized spacial score (nSPS) is 12.7. The molecule has 2 rings (SSSR count). The van der Waals surface area contributed by atoms with Crippen LogP contribution in [0.3, 0.4) is 0 Å². The molecule has 0 spiro atoms. The van der Waals surface area contributed by atoms with Crippen LogP contribution in [0, 0.1) is 13.8 Å². The number of nitrogens with zero attached hydrogens (tertiary/aromatic N) is 1. The van der Waals surface area contributed by atoms with Crippen molar-refractivity contribution in [1.82, 2.24) is 10.2 Å². The lowest BCUT2D eigenvalue weighted by Gasteiger charge is -2.35. The van der Waals surface area contributed by atoms with Gasteiger partial charge in [0.1, 0.15) is 17.7 Å². The van der Waals surface area contributed by atoms with E-state index >= 15 is 0 Å².